The molecule has 0 aromatic carbocycles. The predicted molar refractivity (Wildman–Crippen MR) is 353 cm³/mol. The highest BCUT2D eigenvalue weighted by molar-refractivity contribution is 5.71. The van der Waals surface area contributed by atoms with Gasteiger partial charge in [-0.15, -0.1) is 0 Å². The van der Waals surface area contributed by atoms with Crippen LogP contribution in [0.1, 0.15) is 316 Å². The standard InChI is InChI=1S/C75H126O6/c1-4-7-10-13-16-19-22-24-26-28-30-32-33-34-35-36-37-38-39-40-41-43-44-46-48-50-53-56-59-62-65-68-74(77)80-71-72(70-79-73(76)67-64-61-58-55-52-21-18-15-12-9-6-3)81-75(78)69-66-63-60-57-54-51-49-47-45-42-31-29-27-25-23-20-17-14-11-8-5-2/h7-8,10-11,15-20,24-27,30-32,34-35,42,72H,4-6,9,12-14,21-23,28-29,33,36-41,43-71H2,1-3H3/b10-7-,11-8-,18-15-,19-16-,20-17-,26-24-,27-25-,32-30-,35-34-,42-31-. The van der Waals surface area contributed by atoms with E-state index in [9.17, 15) is 14.4 Å². The van der Waals surface area contributed by atoms with E-state index in [2.05, 4.69) is 142 Å². The van der Waals surface area contributed by atoms with Crippen molar-refractivity contribution in [3.8, 4) is 0 Å². The Morgan fingerprint density at radius 1 is 0.259 bits per heavy atom. The lowest BCUT2D eigenvalue weighted by Gasteiger charge is -2.18. The number of allylic oxidation sites excluding steroid dienone is 20. The lowest BCUT2D eigenvalue weighted by atomic mass is 10.0. The molecule has 0 rings (SSSR count). The Balaban J connectivity index is 4.22. The van der Waals surface area contributed by atoms with E-state index < -0.39 is 6.10 Å². The lowest BCUT2D eigenvalue weighted by Crippen LogP contribution is -2.30. The zero-order valence-corrected chi connectivity index (χ0v) is 53.0. The molecule has 0 amide bonds. The Bertz CT molecular complexity index is 1670. The predicted octanol–water partition coefficient (Wildman–Crippen LogP) is 23.6. The SMILES string of the molecule is CC/C=C\C/C=C\C/C=C\C/C=C\C/C=C\CCCCCCCCCCCCCCCCCC(=O)OCC(COC(=O)CCCCCCC/C=C\CCCC)OC(=O)CCCCCCCCCC/C=C\C/C=C\C/C=C\C/C=C\CC. The summed E-state index contributed by atoms with van der Waals surface area (Å²) in [6.45, 7) is 6.38. The maximum Gasteiger partial charge on any atom is 0.306 e. The quantitative estimate of drug-likeness (QED) is 0.0261. The zero-order chi connectivity index (χ0) is 58.5. The van der Waals surface area contributed by atoms with Gasteiger partial charge in [-0.1, -0.05) is 296 Å². The lowest BCUT2D eigenvalue weighted by molar-refractivity contribution is -0.167. The molecule has 0 bridgehead atoms. The number of hydrogen-bond donors (Lipinski definition) is 0. The van der Waals surface area contributed by atoms with Crippen LogP contribution in [0, 0.1) is 0 Å². The Morgan fingerprint density at radius 2 is 0.481 bits per heavy atom. The van der Waals surface area contributed by atoms with E-state index in [1.165, 1.54) is 148 Å². The molecule has 0 radical (unpaired) electrons. The molecule has 6 heteroatoms. The molecule has 0 saturated heterocycles. The van der Waals surface area contributed by atoms with Crippen LogP contribution in [0.5, 0.6) is 0 Å². The van der Waals surface area contributed by atoms with Crippen LogP contribution in [0.3, 0.4) is 0 Å². The van der Waals surface area contributed by atoms with Gasteiger partial charge in [-0.3, -0.25) is 14.4 Å². The number of hydrogen-bond acceptors (Lipinski definition) is 6. The largest absolute Gasteiger partial charge is 0.462 e. The van der Waals surface area contributed by atoms with Crippen LogP contribution in [-0.2, 0) is 28.6 Å². The van der Waals surface area contributed by atoms with E-state index in [0.717, 1.165) is 128 Å². The molecule has 462 valence electrons. The molecule has 0 saturated carbocycles. The summed E-state index contributed by atoms with van der Waals surface area (Å²) in [4.78, 5) is 38.3. The van der Waals surface area contributed by atoms with Crippen LogP contribution < -0.4 is 0 Å². The molecule has 1 atom stereocenters. The van der Waals surface area contributed by atoms with Crippen molar-refractivity contribution in [3.63, 3.8) is 0 Å². The van der Waals surface area contributed by atoms with Gasteiger partial charge in [-0.25, -0.2) is 0 Å². The average molecular weight is 1120 g/mol. The van der Waals surface area contributed by atoms with Crippen LogP contribution in [0.15, 0.2) is 122 Å². The Labute approximate surface area is 501 Å². The van der Waals surface area contributed by atoms with Crippen molar-refractivity contribution in [2.75, 3.05) is 13.2 Å². The summed E-state index contributed by atoms with van der Waals surface area (Å²) >= 11 is 0. The molecule has 0 aliphatic heterocycles. The minimum atomic E-state index is -0.788. The van der Waals surface area contributed by atoms with Crippen LogP contribution in [-0.4, -0.2) is 37.2 Å². The van der Waals surface area contributed by atoms with Crippen molar-refractivity contribution in [1.29, 1.82) is 0 Å². The molecule has 6 nitrogen and oxygen atoms in total. The number of carbonyl (C=O) groups is 3. The van der Waals surface area contributed by atoms with Gasteiger partial charge in [0.25, 0.3) is 0 Å². The van der Waals surface area contributed by atoms with Gasteiger partial charge < -0.3 is 14.2 Å². The highest BCUT2D eigenvalue weighted by atomic mass is 16.6. The fourth-order valence-electron chi connectivity index (χ4n) is 9.38. The molecule has 0 aromatic rings. The maximum absolute atomic E-state index is 12.9. The summed E-state index contributed by atoms with van der Waals surface area (Å²) in [6, 6.07) is 0. The van der Waals surface area contributed by atoms with Crippen LogP contribution in [0.2, 0.25) is 0 Å². The fraction of sp³-hybridized carbons (Fsp3) is 0.693. The average Bonchev–Trinajstić information content (AvgIpc) is 3.47. The number of carbonyl (C=O) groups excluding carboxylic acids is 3. The first kappa shape index (κ1) is 76.8. The van der Waals surface area contributed by atoms with Crippen molar-refractivity contribution in [2.45, 2.75) is 322 Å². The van der Waals surface area contributed by atoms with Gasteiger partial charge in [0.2, 0.25) is 0 Å². The number of rotatable bonds is 61. The van der Waals surface area contributed by atoms with Crippen LogP contribution in [0.25, 0.3) is 0 Å². The highest BCUT2D eigenvalue weighted by Crippen LogP contribution is 2.17. The van der Waals surface area contributed by atoms with E-state index in [1.54, 1.807) is 0 Å². The van der Waals surface area contributed by atoms with Crippen molar-refractivity contribution in [1.82, 2.24) is 0 Å². The van der Waals surface area contributed by atoms with E-state index in [-0.39, 0.29) is 31.1 Å². The molecule has 0 fully saturated rings. The topological polar surface area (TPSA) is 78.9 Å². The summed E-state index contributed by atoms with van der Waals surface area (Å²) in [5.41, 5.74) is 0. The summed E-state index contributed by atoms with van der Waals surface area (Å²) in [7, 11) is 0. The highest BCUT2D eigenvalue weighted by Gasteiger charge is 2.19. The molecule has 0 N–H and O–H groups in total. The van der Waals surface area contributed by atoms with Crippen molar-refractivity contribution >= 4 is 17.9 Å². The second kappa shape index (κ2) is 68.3. The van der Waals surface area contributed by atoms with Crippen molar-refractivity contribution < 1.29 is 28.6 Å². The smallest absolute Gasteiger partial charge is 0.306 e. The second-order valence-corrected chi connectivity index (χ2v) is 22.3. The van der Waals surface area contributed by atoms with Crippen LogP contribution >= 0.6 is 0 Å². The van der Waals surface area contributed by atoms with Gasteiger partial charge >= 0.3 is 17.9 Å². The normalized spacial score (nSPS) is 12.9. The summed E-state index contributed by atoms with van der Waals surface area (Å²) < 4.78 is 16.9. The summed E-state index contributed by atoms with van der Waals surface area (Å²) in [5.74, 6) is -0.894. The molecule has 0 spiro atoms. The van der Waals surface area contributed by atoms with E-state index in [0.29, 0.717) is 19.3 Å². The van der Waals surface area contributed by atoms with E-state index >= 15 is 0 Å². The molecule has 81 heavy (non-hydrogen) atoms. The zero-order valence-electron chi connectivity index (χ0n) is 53.0. The van der Waals surface area contributed by atoms with Gasteiger partial charge in [0.05, 0.1) is 0 Å². The Hall–Kier alpha value is -4.19. The molecule has 0 aliphatic carbocycles. The number of esters is 3. The minimum Gasteiger partial charge on any atom is -0.462 e. The van der Waals surface area contributed by atoms with Gasteiger partial charge in [-0.2, -0.15) is 0 Å². The molecule has 0 aromatic heterocycles. The molecule has 1 unspecified atom stereocenters. The second-order valence-electron chi connectivity index (χ2n) is 22.3. The van der Waals surface area contributed by atoms with E-state index in [4.69, 9.17) is 14.2 Å². The maximum atomic E-state index is 12.9. The molecule has 0 heterocycles. The van der Waals surface area contributed by atoms with Crippen molar-refractivity contribution in [2.24, 2.45) is 0 Å². The third-order valence-corrected chi connectivity index (χ3v) is 14.4. The first-order valence-corrected chi connectivity index (χ1v) is 34.0. The van der Waals surface area contributed by atoms with Gasteiger partial charge in [0.15, 0.2) is 6.10 Å². The molecular formula is C75H126O6. The minimum absolute atomic E-state index is 0.0839. The summed E-state index contributed by atoms with van der Waals surface area (Å²) in [5, 5.41) is 0. The Kier molecular flexibility index (Phi) is 64.8. The number of ether oxygens (including phenoxy) is 3. The van der Waals surface area contributed by atoms with Gasteiger partial charge in [-0.05, 0) is 122 Å². The molecular weight excluding hydrogens is 997 g/mol. The fourth-order valence-corrected chi connectivity index (χ4v) is 9.38. The van der Waals surface area contributed by atoms with E-state index in [1.807, 2.05) is 0 Å². The third-order valence-electron chi connectivity index (χ3n) is 14.4. The van der Waals surface area contributed by atoms with Crippen molar-refractivity contribution in [3.05, 3.63) is 122 Å². The first-order valence-electron chi connectivity index (χ1n) is 34.0. The first-order chi connectivity index (χ1) is 40.0. The van der Waals surface area contributed by atoms with Gasteiger partial charge in [0.1, 0.15) is 13.2 Å². The van der Waals surface area contributed by atoms with Crippen LogP contribution in [0.4, 0.5) is 0 Å². The van der Waals surface area contributed by atoms with Gasteiger partial charge in [0, 0.05) is 19.3 Å². The Morgan fingerprint density at radius 3 is 0.765 bits per heavy atom. The monoisotopic (exact) mass is 1120 g/mol. The summed E-state index contributed by atoms with van der Waals surface area (Å²) in [6.07, 6.45) is 95.1. The number of unbranched alkanes of at least 4 members (excludes halogenated alkanes) is 30. The molecule has 0 aliphatic rings. The third kappa shape index (κ3) is 66.5.